The molecular weight excluding hydrogens is 352 g/mol. The van der Waals surface area contributed by atoms with Crippen LogP contribution in [0.1, 0.15) is 56.1 Å². The van der Waals surface area contributed by atoms with Gasteiger partial charge in [-0.2, -0.15) is 0 Å². The minimum Gasteiger partial charge on any atom is -0.384 e. The second kappa shape index (κ2) is 9.53. The van der Waals surface area contributed by atoms with Crippen molar-refractivity contribution in [2.75, 3.05) is 6.54 Å². The number of amidine groups is 1. The van der Waals surface area contributed by atoms with Crippen molar-refractivity contribution < 1.29 is 9.59 Å². The zero-order valence-corrected chi connectivity index (χ0v) is 16.3. The molecule has 0 spiro atoms. The Balaban J connectivity index is 1.48. The van der Waals surface area contributed by atoms with Gasteiger partial charge in [0.25, 0.3) is 0 Å². The molecule has 1 aliphatic carbocycles. The van der Waals surface area contributed by atoms with E-state index in [0.717, 1.165) is 44.1 Å². The molecule has 0 unspecified atom stereocenters. The number of nitrogens with zero attached hydrogens (tertiary/aromatic N) is 1. The summed E-state index contributed by atoms with van der Waals surface area (Å²) in [5.74, 6) is 0.654. The molecule has 6 heteroatoms. The highest BCUT2D eigenvalue weighted by molar-refractivity contribution is 5.94. The summed E-state index contributed by atoms with van der Waals surface area (Å²) < 4.78 is 0. The van der Waals surface area contributed by atoms with Crippen LogP contribution in [0.3, 0.4) is 0 Å². The summed E-state index contributed by atoms with van der Waals surface area (Å²) in [5.41, 5.74) is 7.06. The molecule has 1 aromatic rings. The number of benzene rings is 1. The average Bonchev–Trinajstić information content (AvgIpc) is 3.21. The number of carbonyl (C=O) groups is 2. The quantitative estimate of drug-likeness (QED) is 0.384. The standard InChI is InChI=1S/C22H30N4O2/c23-21(24)18-11-8-17(9-12-18)15-25-22(28)19-7-4-14-26(19)20(27)13-10-16-5-2-1-3-6-16/h1-2,8-9,11-12,16,19H,3-7,10,13-15H2,(H3,23,24)(H,25,28)/t16-,19+/m1/s1. The zero-order valence-electron chi connectivity index (χ0n) is 16.3. The first kappa shape index (κ1) is 20.1. The molecule has 0 saturated carbocycles. The predicted molar refractivity (Wildman–Crippen MR) is 110 cm³/mol. The van der Waals surface area contributed by atoms with E-state index in [1.807, 2.05) is 12.1 Å². The summed E-state index contributed by atoms with van der Waals surface area (Å²) in [6.07, 6.45) is 10.8. The summed E-state index contributed by atoms with van der Waals surface area (Å²) in [6.45, 7) is 1.08. The minimum atomic E-state index is -0.352. The van der Waals surface area contributed by atoms with E-state index in [1.54, 1.807) is 17.0 Å². The van der Waals surface area contributed by atoms with Crippen molar-refractivity contribution in [1.82, 2.24) is 10.2 Å². The van der Waals surface area contributed by atoms with Crippen LogP contribution in [0, 0.1) is 11.3 Å². The highest BCUT2D eigenvalue weighted by atomic mass is 16.2. The molecule has 1 fully saturated rings. The molecule has 0 aromatic heterocycles. The van der Waals surface area contributed by atoms with E-state index in [2.05, 4.69) is 17.5 Å². The molecule has 150 valence electrons. The number of allylic oxidation sites excluding steroid dienone is 2. The van der Waals surface area contributed by atoms with Crippen molar-refractivity contribution in [2.45, 2.75) is 57.5 Å². The maximum absolute atomic E-state index is 12.7. The van der Waals surface area contributed by atoms with E-state index in [0.29, 0.717) is 31.0 Å². The van der Waals surface area contributed by atoms with Gasteiger partial charge in [-0.15, -0.1) is 0 Å². The molecule has 4 N–H and O–H groups in total. The fraction of sp³-hybridized carbons (Fsp3) is 0.500. The van der Waals surface area contributed by atoms with E-state index < -0.39 is 0 Å². The Morgan fingerprint density at radius 1 is 1.18 bits per heavy atom. The first-order valence-electron chi connectivity index (χ1n) is 10.2. The molecule has 2 amide bonds. The van der Waals surface area contributed by atoms with Crippen LogP contribution in [0.25, 0.3) is 0 Å². The van der Waals surface area contributed by atoms with Crippen LogP contribution in [-0.4, -0.2) is 35.1 Å². The number of amides is 2. The van der Waals surface area contributed by atoms with Gasteiger partial charge in [0, 0.05) is 25.1 Å². The van der Waals surface area contributed by atoms with Gasteiger partial charge in [-0.3, -0.25) is 15.0 Å². The number of nitrogen functional groups attached to an aromatic ring is 1. The molecule has 2 aliphatic rings. The number of hydrogen-bond donors (Lipinski definition) is 3. The Hall–Kier alpha value is -2.63. The van der Waals surface area contributed by atoms with Crippen molar-refractivity contribution >= 4 is 17.6 Å². The second-order valence-corrected chi connectivity index (χ2v) is 7.76. The fourth-order valence-electron chi connectivity index (χ4n) is 4.04. The first-order valence-corrected chi connectivity index (χ1v) is 10.2. The van der Waals surface area contributed by atoms with Crippen molar-refractivity contribution in [3.05, 3.63) is 47.5 Å². The number of hydrogen-bond acceptors (Lipinski definition) is 3. The minimum absolute atomic E-state index is 0.0277. The first-order chi connectivity index (χ1) is 13.5. The lowest BCUT2D eigenvalue weighted by Gasteiger charge is -2.25. The van der Waals surface area contributed by atoms with Gasteiger partial charge >= 0.3 is 0 Å². The Bertz CT molecular complexity index is 741. The molecular formula is C22H30N4O2. The summed E-state index contributed by atoms with van der Waals surface area (Å²) in [4.78, 5) is 27.1. The van der Waals surface area contributed by atoms with Crippen LogP contribution < -0.4 is 11.1 Å². The zero-order chi connectivity index (χ0) is 19.9. The van der Waals surface area contributed by atoms with Crippen molar-refractivity contribution in [3.8, 4) is 0 Å². The predicted octanol–water partition coefficient (Wildman–Crippen LogP) is 2.71. The molecule has 6 nitrogen and oxygen atoms in total. The van der Waals surface area contributed by atoms with E-state index in [9.17, 15) is 9.59 Å². The number of nitrogens with two attached hydrogens (primary N) is 1. The molecule has 0 bridgehead atoms. The summed E-state index contributed by atoms with van der Waals surface area (Å²) in [7, 11) is 0. The van der Waals surface area contributed by atoms with Gasteiger partial charge in [0.2, 0.25) is 11.8 Å². The van der Waals surface area contributed by atoms with Gasteiger partial charge in [-0.05, 0) is 50.0 Å². The second-order valence-electron chi connectivity index (χ2n) is 7.76. The van der Waals surface area contributed by atoms with E-state index in [1.165, 1.54) is 0 Å². The van der Waals surface area contributed by atoms with Gasteiger partial charge in [-0.1, -0.05) is 36.4 Å². The lowest BCUT2D eigenvalue weighted by Crippen LogP contribution is -2.45. The largest absolute Gasteiger partial charge is 0.384 e. The van der Waals surface area contributed by atoms with Gasteiger partial charge < -0.3 is 16.0 Å². The van der Waals surface area contributed by atoms with E-state index >= 15 is 0 Å². The third-order valence-electron chi connectivity index (χ3n) is 5.75. The Morgan fingerprint density at radius 3 is 2.64 bits per heavy atom. The number of rotatable bonds is 7. The number of carbonyl (C=O) groups excluding carboxylic acids is 2. The van der Waals surface area contributed by atoms with Crippen molar-refractivity contribution in [3.63, 3.8) is 0 Å². The Kier molecular flexibility index (Phi) is 6.85. The van der Waals surface area contributed by atoms with Crippen LogP contribution in [0.5, 0.6) is 0 Å². The topological polar surface area (TPSA) is 99.3 Å². The summed E-state index contributed by atoms with van der Waals surface area (Å²) in [6, 6.07) is 6.90. The van der Waals surface area contributed by atoms with Crippen molar-refractivity contribution in [1.29, 1.82) is 5.41 Å². The molecule has 0 radical (unpaired) electrons. The van der Waals surface area contributed by atoms with Crippen molar-refractivity contribution in [2.24, 2.45) is 11.7 Å². The van der Waals surface area contributed by atoms with Gasteiger partial charge in [0.15, 0.2) is 0 Å². The number of likely N-dealkylation sites (tertiary alicyclic amines) is 1. The smallest absolute Gasteiger partial charge is 0.243 e. The monoisotopic (exact) mass is 382 g/mol. The Morgan fingerprint density at radius 2 is 1.96 bits per heavy atom. The van der Waals surface area contributed by atoms with Gasteiger partial charge in [0.05, 0.1) is 0 Å². The summed E-state index contributed by atoms with van der Waals surface area (Å²) >= 11 is 0. The molecule has 3 rings (SSSR count). The van der Waals surface area contributed by atoms with Gasteiger partial charge in [-0.25, -0.2) is 0 Å². The summed E-state index contributed by atoms with van der Waals surface area (Å²) in [5, 5.41) is 10.4. The third-order valence-corrected chi connectivity index (χ3v) is 5.75. The van der Waals surface area contributed by atoms with E-state index in [-0.39, 0.29) is 23.7 Å². The van der Waals surface area contributed by atoms with Gasteiger partial charge in [0.1, 0.15) is 11.9 Å². The van der Waals surface area contributed by atoms with E-state index in [4.69, 9.17) is 11.1 Å². The molecule has 1 heterocycles. The normalized spacial score (nSPS) is 21.5. The SMILES string of the molecule is N=C(N)c1ccc(CNC(=O)[C@@H]2CCCN2C(=O)CC[C@@H]2CC=CCC2)cc1. The number of nitrogens with one attached hydrogen (secondary N) is 2. The highest BCUT2D eigenvalue weighted by Crippen LogP contribution is 2.25. The van der Waals surface area contributed by atoms with Crippen LogP contribution in [0.4, 0.5) is 0 Å². The maximum atomic E-state index is 12.7. The highest BCUT2D eigenvalue weighted by Gasteiger charge is 2.33. The lowest BCUT2D eigenvalue weighted by atomic mass is 9.90. The van der Waals surface area contributed by atoms with Crippen LogP contribution in [-0.2, 0) is 16.1 Å². The molecule has 1 saturated heterocycles. The average molecular weight is 383 g/mol. The lowest BCUT2D eigenvalue weighted by molar-refractivity contribution is -0.138. The fourth-order valence-corrected chi connectivity index (χ4v) is 4.04. The molecule has 1 aromatic carbocycles. The van der Waals surface area contributed by atoms with Crippen LogP contribution >= 0.6 is 0 Å². The Labute approximate surface area is 166 Å². The molecule has 28 heavy (non-hydrogen) atoms. The third kappa shape index (κ3) is 5.21. The van der Waals surface area contributed by atoms with Crippen LogP contribution in [0.15, 0.2) is 36.4 Å². The maximum Gasteiger partial charge on any atom is 0.243 e. The molecule has 2 atom stereocenters. The molecule has 1 aliphatic heterocycles. The van der Waals surface area contributed by atoms with Crippen LogP contribution in [0.2, 0.25) is 0 Å².